The van der Waals surface area contributed by atoms with E-state index in [1.165, 1.54) is 5.56 Å². The first-order valence-electron chi connectivity index (χ1n) is 5.16. The van der Waals surface area contributed by atoms with Gasteiger partial charge in [-0.25, -0.2) is 0 Å². The molecule has 3 nitrogen and oxygen atoms in total. The highest BCUT2D eigenvalue weighted by Gasteiger charge is 2.11. The van der Waals surface area contributed by atoms with Crippen LogP contribution in [0.4, 0.5) is 0 Å². The van der Waals surface area contributed by atoms with Crippen molar-refractivity contribution in [2.24, 2.45) is 0 Å². The smallest absolute Gasteiger partial charge is 0.135 e. The topological polar surface area (TPSA) is 53.6 Å². The highest BCUT2D eigenvalue weighted by molar-refractivity contribution is 5.57. The van der Waals surface area contributed by atoms with Crippen molar-refractivity contribution in [1.82, 2.24) is 0 Å². The molecular formula is C13H14O3. The Kier molecular flexibility index (Phi) is 3.08. The van der Waals surface area contributed by atoms with Crippen LogP contribution in [0.2, 0.25) is 0 Å². The summed E-state index contributed by atoms with van der Waals surface area (Å²) in [7, 11) is 0. The monoisotopic (exact) mass is 218 g/mol. The molecular weight excluding hydrogens is 204 g/mol. The molecule has 0 aliphatic rings. The van der Waals surface area contributed by atoms with Crippen LogP contribution in [0.3, 0.4) is 0 Å². The summed E-state index contributed by atoms with van der Waals surface area (Å²) in [6.45, 7) is 1.69. The minimum Gasteiger partial charge on any atom is -0.458 e. The maximum atomic E-state index is 9.39. The first-order chi connectivity index (χ1) is 7.70. The molecule has 0 spiro atoms. The molecule has 0 radical (unpaired) electrons. The fraction of sp³-hybridized carbons (Fsp3) is 0.231. The van der Waals surface area contributed by atoms with Gasteiger partial charge >= 0.3 is 0 Å². The third-order valence-corrected chi connectivity index (χ3v) is 2.46. The molecule has 0 amide bonds. The predicted molar refractivity (Wildman–Crippen MR) is 60.9 cm³/mol. The van der Waals surface area contributed by atoms with Crippen molar-refractivity contribution in [3.63, 3.8) is 0 Å². The van der Waals surface area contributed by atoms with Gasteiger partial charge in [-0.15, -0.1) is 0 Å². The molecule has 0 saturated heterocycles. The Morgan fingerprint density at radius 3 is 2.44 bits per heavy atom. The SMILES string of the molecule is Cc1ccc(-c2ccc(C(O)CO)o2)cc1. The number of benzene rings is 1. The Labute approximate surface area is 94.0 Å². The van der Waals surface area contributed by atoms with Gasteiger partial charge in [-0.2, -0.15) is 0 Å². The third-order valence-electron chi connectivity index (χ3n) is 2.46. The van der Waals surface area contributed by atoms with Crippen LogP contribution in [-0.4, -0.2) is 16.8 Å². The van der Waals surface area contributed by atoms with Crippen molar-refractivity contribution >= 4 is 0 Å². The van der Waals surface area contributed by atoms with Gasteiger partial charge in [-0.3, -0.25) is 0 Å². The van der Waals surface area contributed by atoms with Gasteiger partial charge in [-0.05, 0) is 19.1 Å². The molecule has 0 saturated carbocycles. The van der Waals surface area contributed by atoms with Crippen molar-refractivity contribution in [3.05, 3.63) is 47.7 Å². The summed E-state index contributed by atoms with van der Waals surface area (Å²) in [6, 6.07) is 11.4. The van der Waals surface area contributed by atoms with Crippen LogP contribution in [0.5, 0.6) is 0 Å². The van der Waals surface area contributed by atoms with Gasteiger partial charge in [0.15, 0.2) is 0 Å². The number of hydrogen-bond donors (Lipinski definition) is 2. The molecule has 0 aliphatic heterocycles. The standard InChI is InChI=1S/C13H14O3/c1-9-2-4-10(5-3-9)12-6-7-13(16-12)11(15)8-14/h2-7,11,14-15H,8H2,1H3. The van der Waals surface area contributed by atoms with E-state index in [9.17, 15) is 5.11 Å². The van der Waals surface area contributed by atoms with Crippen LogP contribution in [0.15, 0.2) is 40.8 Å². The fourth-order valence-electron chi connectivity index (χ4n) is 1.49. The van der Waals surface area contributed by atoms with Crippen molar-refractivity contribution < 1.29 is 14.6 Å². The van der Waals surface area contributed by atoms with E-state index in [2.05, 4.69) is 0 Å². The summed E-state index contributed by atoms with van der Waals surface area (Å²) in [5, 5.41) is 18.2. The number of hydrogen-bond acceptors (Lipinski definition) is 3. The molecule has 2 N–H and O–H groups in total. The lowest BCUT2D eigenvalue weighted by molar-refractivity contribution is 0.0781. The Morgan fingerprint density at radius 1 is 1.12 bits per heavy atom. The van der Waals surface area contributed by atoms with Gasteiger partial charge < -0.3 is 14.6 Å². The summed E-state index contributed by atoms with van der Waals surface area (Å²) in [6.07, 6.45) is -0.945. The van der Waals surface area contributed by atoms with Gasteiger partial charge in [0.1, 0.15) is 17.6 Å². The van der Waals surface area contributed by atoms with E-state index in [0.29, 0.717) is 11.5 Å². The number of furan rings is 1. The lowest BCUT2D eigenvalue weighted by Gasteiger charge is -2.02. The second kappa shape index (κ2) is 4.51. The summed E-state index contributed by atoms with van der Waals surface area (Å²) in [5.74, 6) is 1.08. The third kappa shape index (κ3) is 2.15. The molecule has 0 fully saturated rings. The lowest BCUT2D eigenvalue weighted by atomic mass is 10.1. The van der Waals surface area contributed by atoms with E-state index in [1.807, 2.05) is 31.2 Å². The van der Waals surface area contributed by atoms with Crippen LogP contribution in [0.25, 0.3) is 11.3 Å². The van der Waals surface area contributed by atoms with Crippen LogP contribution >= 0.6 is 0 Å². The lowest BCUT2D eigenvalue weighted by Crippen LogP contribution is -1.99. The number of rotatable bonds is 3. The minimum absolute atomic E-state index is 0.332. The van der Waals surface area contributed by atoms with E-state index in [-0.39, 0.29) is 6.61 Å². The van der Waals surface area contributed by atoms with Crippen molar-refractivity contribution in [2.45, 2.75) is 13.0 Å². The summed E-state index contributed by atoms with van der Waals surface area (Å²) in [5.41, 5.74) is 2.15. The van der Waals surface area contributed by atoms with E-state index in [1.54, 1.807) is 12.1 Å². The zero-order valence-corrected chi connectivity index (χ0v) is 9.05. The summed E-state index contributed by atoms with van der Waals surface area (Å²) < 4.78 is 5.45. The van der Waals surface area contributed by atoms with Crippen molar-refractivity contribution in [2.75, 3.05) is 6.61 Å². The average Bonchev–Trinajstić information content (AvgIpc) is 2.78. The maximum Gasteiger partial charge on any atom is 0.135 e. The first kappa shape index (κ1) is 10.9. The van der Waals surface area contributed by atoms with Gasteiger partial charge in [0.05, 0.1) is 6.61 Å². The van der Waals surface area contributed by atoms with E-state index in [0.717, 1.165) is 5.56 Å². The van der Waals surface area contributed by atoms with Gasteiger partial charge in [0, 0.05) is 5.56 Å². The molecule has 1 aromatic heterocycles. The highest BCUT2D eigenvalue weighted by Crippen LogP contribution is 2.25. The second-order valence-electron chi connectivity index (χ2n) is 3.77. The summed E-state index contributed by atoms with van der Waals surface area (Å²) >= 11 is 0. The molecule has 1 atom stereocenters. The molecule has 3 heteroatoms. The molecule has 2 rings (SSSR count). The maximum absolute atomic E-state index is 9.39. The molecule has 1 unspecified atom stereocenters. The quantitative estimate of drug-likeness (QED) is 0.831. The summed E-state index contributed by atoms with van der Waals surface area (Å²) in [4.78, 5) is 0. The normalized spacial score (nSPS) is 12.7. The Hall–Kier alpha value is -1.58. The van der Waals surface area contributed by atoms with Gasteiger partial charge in [-0.1, -0.05) is 29.8 Å². The van der Waals surface area contributed by atoms with Crippen LogP contribution < -0.4 is 0 Å². The largest absolute Gasteiger partial charge is 0.458 e. The van der Waals surface area contributed by atoms with Crippen molar-refractivity contribution in [3.8, 4) is 11.3 Å². The van der Waals surface area contributed by atoms with Crippen LogP contribution in [0.1, 0.15) is 17.4 Å². The Morgan fingerprint density at radius 2 is 1.81 bits per heavy atom. The van der Waals surface area contributed by atoms with E-state index in [4.69, 9.17) is 9.52 Å². The number of aliphatic hydroxyl groups is 2. The first-order valence-corrected chi connectivity index (χ1v) is 5.16. The second-order valence-corrected chi connectivity index (χ2v) is 3.77. The van der Waals surface area contributed by atoms with Gasteiger partial charge in [0.2, 0.25) is 0 Å². The zero-order chi connectivity index (χ0) is 11.5. The van der Waals surface area contributed by atoms with Gasteiger partial charge in [0.25, 0.3) is 0 Å². The molecule has 1 heterocycles. The molecule has 0 aliphatic carbocycles. The molecule has 0 bridgehead atoms. The van der Waals surface area contributed by atoms with E-state index < -0.39 is 6.10 Å². The van der Waals surface area contributed by atoms with Crippen molar-refractivity contribution in [1.29, 1.82) is 0 Å². The fourth-order valence-corrected chi connectivity index (χ4v) is 1.49. The minimum atomic E-state index is -0.945. The Bertz CT molecular complexity index is 456. The zero-order valence-electron chi connectivity index (χ0n) is 9.05. The highest BCUT2D eigenvalue weighted by atomic mass is 16.4. The molecule has 1 aromatic carbocycles. The van der Waals surface area contributed by atoms with Crippen LogP contribution in [-0.2, 0) is 0 Å². The molecule has 84 valence electrons. The Balaban J connectivity index is 2.28. The molecule has 2 aromatic rings. The number of aryl methyl sites for hydroxylation is 1. The number of aliphatic hydroxyl groups excluding tert-OH is 2. The van der Waals surface area contributed by atoms with Crippen LogP contribution in [0, 0.1) is 6.92 Å². The molecule has 16 heavy (non-hydrogen) atoms. The predicted octanol–water partition coefficient (Wildman–Crippen LogP) is 2.28. The average molecular weight is 218 g/mol. The van der Waals surface area contributed by atoms with E-state index >= 15 is 0 Å².